The summed E-state index contributed by atoms with van der Waals surface area (Å²) in [5.41, 5.74) is 5.51. The first kappa shape index (κ1) is 21.9. The molecule has 4 aromatic rings. The van der Waals surface area contributed by atoms with E-state index >= 15 is 0 Å². The third kappa shape index (κ3) is 4.54. The lowest BCUT2D eigenvalue weighted by molar-refractivity contribution is 0.161. The zero-order valence-electron chi connectivity index (χ0n) is 19.5. The van der Waals surface area contributed by atoms with Crippen LogP contribution < -0.4 is 0 Å². The number of likely N-dealkylation sites (tertiary alicyclic amines) is 1. The van der Waals surface area contributed by atoms with Gasteiger partial charge in [-0.15, -0.1) is 5.10 Å². The standard InChI is InChI=1S/C27H28N6O2/c34-23-8-4-7-21(17-23)26-28-24(20-11-15-35-16-12-20)25-27(29-26)33(31-30-25)22-9-13-32(14-10-22)18-19-5-2-1-3-6-19/h1-8,11,17,22,34H,9-10,12-16,18H2. The number of fused-ring (bicyclic) bond motifs is 1. The largest absolute Gasteiger partial charge is 0.508 e. The highest BCUT2D eigenvalue weighted by molar-refractivity contribution is 5.86. The lowest BCUT2D eigenvalue weighted by atomic mass is 10.0. The van der Waals surface area contributed by atoms with Crippen LogP contribution in [0.5, 0.6) is 5.75 Å². The number of benzene rings is 2. The molecule has 35 heavy (non-hydrogen) atoms. The number of rotatable bonds is 5. The zero-order chi connectivity index (χ0) is 23.6. The van der Waals surface area contributed by atoms with Crippen molar-refractivity contribution in [2.45, 2.75) is 31.8 Å². The SMILES string of the molecule is Oc1cccc(-c2nc(C3=CCOCC3)c3nnn(C4CCN(Cc5ccccc5)CC4)c3n2)c1. The molecule has 1 fully saturated rings. The Morgan fingerprint density at radius 2 is 1.86 bits per heavy atom. The minimum atomic E-state index is 0.190. The van der Waals surface area contributed by atoms with Gasteiger partial charge in [-0.2, -0.15) is 0 Å². The molecule has 0 unspecified atom stereocenters. The van der Waals surface area contributed by atoms with E-state index in [9.17, 15) is 5.11 Å². The molecule has 0 radical (unpaired) electrons. The Kier molecular flexibility index (Phi) is 5.98. The first-order valence-corrected chi connectivity index (χ1v) is 12.2. The third-order valence-electron chi connectivity index (χ3n) is 6.85. The molecule has 8 heteroatoms. The molecule has 0 amide bonds. The molecule has 2 aromatic heterocycles. The summed E-state index contributed by atoms with van der Waals surface area (Å²) in [5.74, 6) is 0.760. The van der Waals surface area contributed by atoms with Gasteiger partial charge in [0.05, 0.1) is 19.3 Å². The molecule has 0 spiro atoms. The van der Waals surface area contributed by atoms with Crippen LogP contribution >= 0.6 is 0 Å². The van der Waals surface area contributed by atoms with Crippen molar-refractivity contribution in [3.05, 3.63) is 71.9 Å². The van der Waals surface area contributed by atoms with Crippen molar-refractivity contribution >= 4 is 16.7 Å². The molecule has 8 nitrogen and oxygen atoms in total. The summed E-state index contributed by atoms with van der Waals surface area (Å²) in [6.45, 7) is 4.19. The lowest BCUT2D eigenvalue weighted by Gasteiger charge is -2.31. The summed E-state index contributed by atoms with van der Waals surface area (Å²) in [4.78, 5) is 12.3. The number of ether oxygens (including phenoxy) is 1. The number of aromatic nitrogens is 5. The average Bonchev–Trinajstić information content (AvgIpc) is 3.34. The molecule has 2 aliphatic rings. The predicted molar refractivity (Wildman–Crippen MR) is 134 cm³/mol. The van der Waals surface area contributed by atoms with Crippen molar-refractivity contribution in [2.24, 2.45) is 0 Å². The Balaban J connectivity index is 1.33. The summed E-state index contributed by atoms with van der Waals surface area (Å²) in [6, 6.07) is 17.9. The fourth-order valence-corrected chi connectivity index (χ4v) is 4.98. The number of phenols is 1. The number of hydrogen-bond acceptors (Lipinski definition) is 7. The van der Waals surface area contributed by atoms with Crippen LogP contribution in [-0.4, -0.2) is 61.3 Å². The van der Waals surface area contributed by atoms with Crippen molar-refractivity contribution < 1.29 is 9.84 Å². The van der Waals surface area contributed by atoms with E-state index in [2.05, 4.69) is 51.6 Å². The fourth-order valence-electron chi connectivity index (χ4n) is 4.98. The average molecular weight is 469 g/mol. The third-order valence-corrected chi connectivity index (χ3v) is 6.85. The number of phenolic OH excluding ortho intramolecular Hbond substituents is 1. The monoisotopic (exact) mass is 468 g/mol. The van der Waals surface area contributed by atoms with Gasteiger partial charge < -0.3 is 9.84 Å². The first-order valence-electron chi connectivity index (χ1n) is 12.2. The Labute approximate surface area is 203 Å². The topological polar surface area (TPSA) is 89.2 Å². The molecule has 1 N–H and O–H groups in total. The molecule has 0 bridgehead atoms. The Morgan fingerprint density at radius 3 is 2.63 bits per heavy atom. The van der Waals surface area contributed by atoms with Gasteiger partial charge in [-0.1, -0.05) is 53.8 Å². The maximum Gasteiger partial charge on any atom is 0.183 e. The van der Waals surface area contributed by atoms with Gasteiger partial charge in [0.15, 0.2) is 17.0 Å². The van der Waals surface area contributed by atoms with E-state index in [1.165, 1.54) is 5.56 Å². The summed E-state index contributed by atoms with van der Waals surface area (Å²) in [7, 11) is 0. The van der Waals surface area contributed by atoms with E-state index in [0.29, 0.717) is 19.0 Å². The van der Waals surface area contributed by atoms with Crippen LogP contribution in [0.25, 0.3) is 28.1 Å². The van der Waals surface area contributed by atoms with Gasteiger partial charge in [0.1, 0.15) is 11.4 Å². The van der Waals surface area contributed by atoms with Crippen LogP contribution in [0.4, 0.5) is 0 Å². The number of aromatic hydroxyl groups is 1. The van der Waals surface area contributed by atoms with E-state index < -0.39 is 0 Å². The lowest BCUT2D eigenvalue weighted by Crippen LogP contribution is -2.34. The molecule has 1 saturated heterocycles. The number of nitrogens with zero attached hydrogens (tertiary/aromatic N) is 6. The second-order valence-electron chi connectivity index (χ2n) is 9.20. The van der Waals surface area contributed by atoms with Gasteiger partial charge in [0.25, 0.3) is 0 Å². The van der Waals surface area contributed by atoms with E-state index in [-0.39, 0.29) is 11.8 Å². The maximum atomic E-state index is 10.0. The van der Waals surface area contributed by atoms with Gasteiger partial charge in [-0.05, 0) is 42.5 Å². The van der Waals surface area contributed by atoms with Crippen LogP contribution in [0.15, 0.2) is 60.7 Å². The van der Waals surface area contributed by atoms with Crippen LogP contribution in [0.3, 0.4) is 0 Å². The number of hydrogen-bond donors (Lipinski definition) is 1. The highest BCUT2D eigenvalue weighted by Crippen LogP contribution is 2.32. The Morgan fingerprint density at radius 1 is 1.00 bits per heavy atom. The molecule has 0 saturated carbocycles. The highest BCUT2D eigenvalue weighted by Gasteiger charge is 2.26. The zero-order valence-corrected chi connectivity index (χ0v) is 19.5. The highest BCUT2D eigenvalue weighted by atomic mass is 16.5. The molecule has 4 heterocycles. The Bertz CT molecular complexity index is 1360. The summed E-state index contributed by atoms with van der Waals surface area (Å²) >= 11 is 0. The minimum Gasteiger partial charge on any atom is -0.508 e. The van der Waals surface area contributed by atoms with Crippen molar-refractivity contribution in [3.8, 4) is 17.1 Å². The molecular weight excluding hydrogens is 440 g/mol. The Hall–Kier alpha value is -3.62. The molecular formula is C27H28N6O2. The fraction of sp³-hybridized carbons (Fsp3) is 0.333. The van der Waals surface area contributed by atoms with E-state index in [4.69, 9.17) is 14.7 Å². The van der Waals surface area contributed by atoms with E-state index in [0.717, 1.165) is 66.9 Å². The minimum absolute atomic E-state index is 0.190. The van der Waals surface area contributed by atoms with Gasteiger partial charge >= 0.3 is 0 Å². The van der Waals surface area contributed by atoms with E-state index in [1.807, 2.05) is 16.8 Å². The summed E-state index contributed by atoms with van der Waals surface area (Å²) in [6.07, 6.45) is 4.82. The predicted octanol–water partition coefficient (Wildman–Crippen LogP) is 4.23. The van der Waals surface area contributed by atoms with Crippen LogP contribution in [0.1, 0.15) is 36.6 Å². The first-order chi connectivity index (χ1) is 17.2. The molecule has 2 aromatic carbocycles. The molecule has 178 valence electrons. The molecule has 6 rings (SSSR count). The molecule has 0 atom stereocenters. The van der Waals surface area contributed by atoms with Crippen molar-refractivity contribution in [2.75, 3.05) is 26.3 Å². The number of piperidine rings is 1. The second kappa shape index (κ2) is 9.56. The normalized spacial score (nSPS) is 17.5. The van der Waals surface area contributed by atoms with Gasteiger partial charge in [-0.3, -0.25) is 4.90 Å². The molecule has 0 aliphatic carbocycles. The van der Waals surface area contributed by atoms with Crippen LogP contribution in [0, 0.1) is 0 Å². The maximum absolute atomic E-state index is 10.0. The van der Waals surface area contributed by atoms with Crippen molar-refractivity contribution in [1.29, 1.82) is 0 Å². The van der Waals surface area contributed by atoms with Crippen molar-refractivity contribution in [1.82, 2.24) is 29.9 Å². The van der Waals surface area contributed by atoms with Crippen LogP contribution in [-0.2, 0) is 11.3 Å². The smallest absolute Gasteiger partial charge is 0.183 e. The summed E-state index contributed by atoms with van der Waals surface area (Å²) < 4.78 is 7.51. The van der Waals surface area contributed by atoms with Gasteiger partial charge in [0, 0.05) is 25.2 Å². The molecule has 2 aliphatic heterocycles. The summed E-state index contributed by atoms with van der Waals surface area (Å²) in [5, 5.41) is 19.2. The van der Waals surface area contributed by atoms with Crippen molar-refractivity contribution in [3.63, 3.8) is 0 Å². The van der Waals surface area contributed by atoms with Crippen LogP contribution in [0.2, 0.25) is 0 Å². The van der Waals surface area contributed by atoms with Gasteiger partial charge in [-0.25, -0.2) is 14.6 Å². The van der Waals surface area contributed by atoms with Gasteiger partial charge in [0.2, 0.25) is 0 Å². The van der Waals surface area contributed by atoms with E-state index in [1.54, 1.807) is 12.1 Å². The quantitative estimate of drug-likeness (QED) is 0.469. The second-order valence-corrected chi connectivity index (χ2v) is 9.20.